The molecule has 0 aliphatic rings. The third kappa shape index (κ3) is 2.27. The molecular weight excluding hydrogens is 244 g/mol. The molecule has 0 atom stereocenters. The highest BCUT2D eigenvalue weighted by atomic mass is 32.2. The van der Waals surface area contributed by atoms with Crippen LogP contribution in [-0.2, 0) is 10.0 Å². The molecule has 0 aliphatic heterocycles. The number of H-pyrrole nitrogens is 1. The van der Waals surface area contributed by atoms with Crippen LogP contribution in [0.3, 0.4) is 0 Å². The number of nitrogens with zero attached hydrogens (tertiary/aromatic N) is 2. The van der Waals surface area contributed by atoms with Crippen molar-refractivity contribution in [1.29, 1.82) is 0 Å². The molecule has 0 spiro atoms. The summed E-state index contributed by atoms with van der Waals surface area (Å²) in [7, 11) is -3.76. The van der Waals surface area contributed by atoms with Crippen LogP contribution in [0.25, 0.3) is 5.82 Å². The Balaban J connectivity index is 2.50. The average Bonchev–Trinajstić information content (AvgIpc) is 2.57. The molecule has 2 aromatic heterocycles. The highest BCUT2D eigenvalue weighted by Gasteiger charge is 2.09. The molecule has 0 fully saturated rings. The maximum Gasteiger partial charge on any atom is 0.331 e. The summed E-state index contributed by atoms with van der Waals surface area (Å²) in [5.74, 6) is 0.326. The van der Waals surface area contributed by atoms with Crippen LogP contribution in [0.4, 0.5) is 0 Å². The molecule has 8 heteroatoms. The lowest BCUT2D eigenvalue weighted by atomic mass is 10.4. The molecule has 2 rings (SSSR count). The van der Waals surface area contributed by atoms with E-state index in [1.807, 2.05) is 0 Å². The van der Waals surface area contributed by atoms with Gasteiger partial charge in [0.05, 0.1) is 0 Å². The Labute approximate surface area is 97.0 Å². The van der Waals surface area contributed by atoms with Crippen LogP contribution in [0.5, 0.6) is 0 Å². The van der Waals surface area contributed by atoms with E-state index in [0.29, 0.717) is 11.5 Å². The van der Waals surface area contributed by atoms with E-state index >= 15 is 0 Å². The van der Waals surface area contributed by atoms with Gasteiger partial charge in [0.2, 0.25) is 10.0 Å². The van der Waals surface area contributed by atoms with E-state index < -0.39 is 10.0 Å². The summed E-state index contributed by atoms with van der Waals surface area (Å²) in [5, 5.41) is 4.94. The van der Waals surface area contributed by atoms with Crippen LogP contribution in [0.1, 0.15) is 5.69 Å². The third-order valence-corrected chi connectivity index (χ3v) is 3.04. The van der Waals surface area contributed by atoms with Crippen LogP contribution in [0.2, 0.25) is 0 Å². The van der Waals surface area contributed by atoms with Crippen molar-refractivity contribution in [2.45, 2.75) is 11.8 Å². The summed E-state index contributed by atoms with van der Waals surface area (Å²) < 4.78 is 23.3. The number of aromatic nitrogens is 3. The minimum atomic E-state index is -3.76. The zero-order valence-electron chi connectivity index (χ0n) is 8.91. The summed E-state index contributed by atoms with van der Waals surface area (Å²) in [6.45, 7) is 1.73. The first-order valence-corrected chi connectivity index (χ1v) is 6.20. The number of hydrogen-bond donors (Lipinski definition) is 2. The third-order valence-electron chi connectivity index (χ3n) is 2.14. The Morgan fingerprint density at radius 3 is 2.53 bits per heavy atom. The quantitative estimate of drug-likeness (QED) is 0.753. The maximum absolute atomic E-state index is 11.4. The number of imidazole rings is 1. The summed E-state index contributed by atoms with van der Waals surface area (Å²) in [4.78, 5) is 17.8. The lowest BCUT2D eigenvalue weighted by molar-refractivity contribution is 0.597. The van der Waals surface area contributed by atoms with Gasteiger partial charge in [0.25, 0.3) is 0 Å². The lowest BCUT2D eigenvalue weighted by Crippen LogP contribution is -2.16. The van der Waals surface area contributed by atoms with Crippen molar-refractivity contribution >= 4 is 10.0 Å². The molecule has 0 aliphatic carbocycles. The number of pyridine rings is 1. The Hall–Kier alpha value is -1.93. The van der Waals surface area contributed by atoms with Crippen LogP contribution in [0, 0.1) is 6.92 Å². The van der Waals surface area contributed by atoms with Gasteiger partial charge in [-0.1, -0.05) is 0 Å². The second kappa shape index (κ2) is 3.82. The number of aromatic amines is 1. The van der Waals surface area contributed by atoms with E-state index in [1.165, 1.54) is 16.7 Å². The standard InChI is InChI=1S/C9H10N4O3S/c1-6-5-13(9(14)12-6)8-3-2-7(4-11-8)17(10,15)16/h2-5H,1H3,(H,12,14)(H2,10,15,16). The first kappa shape index (κ1) is 11.6. The van der Waals surface area contributed by atoms with Crippen molar-refractivity contribution in [1.82, 2.24) is 14.5 Å². The molecule has 7 nitrogen and oxygen atoms in total. The number of aryl methyl sites for hydroxylation is 1. The summed E-state index contributed by atoms with van der Waals surface area (Å²) in [6, 6.07) is 2.71. The molecule has 0 saturated carbocycles. The Bertz CT molecular complexity index is 697. The molecule has 3 N–H and O–H groups in total. The number of primary sulfonamides is 1. The van der Waals surface area contributed by atoms with Crippen molar-refractivity contribution in [2.75, 3.05) is 0 Å². The van der Waals surface area contributed by atoms with E-state index in [2.05, 4.69) is 9.97 Å². The fourth-order valence-corrected chi connectivity index (χ4v) is 1.82. The van der Waals surface area contributed by atoms with Crippen LogP contribution in [0.15, 0.2) is 34.2 Å². The highest BCUT2D eigenvalue weighted by molar-refractivity contribution is 7.89. The van der Waals surface area contributed by atoms with Crippen LogP contribution >= 0.6 is 0 Å². The van der Waals surface area contributed by atoms with Gasteiger partial charge < -0.3 is 4.98 Å². The Morgan fingerprint density at radius 2 is 2.12 bits per heavy atom. The molecule has 2 heterocycles. The summed E-state index contributed by atoms with van der Waals surface area (Å²) >= 11 is 0. The van der Waals surface area contributed by atoms with Crippen LogP contribution in [-0.4, -0.2) is 23.0 Å². The largest absolute Gasteiger partial charge is 0.331 e. The van der Waals surface area contributed by atoms with Crippen molar-refractivity contribution in [2.24, 2.45) is 5.14 Å². The highest BCUT2D eigenvalue weighted by Crippen LogP contribution is 2.07. The minimum absolute atomic E-state index is 0.0958. The number of rotatable bonds is 2. The van der Waals surface area contributed by atoms with Gasteiger partial charge in [0, 0.05) is 18.1 Å². The number of nitrogens with one attached hydrogen (secondary N) is 1. The minimum Gasteiger partial charge on any atom is -0.310 e. The van der Waals surface area contributed by atoms with Gasteiger partial charge in [-0.15, -0.1) is 0 Å². The van der Waals surface area contributed by atoms with Gasteiger partial charge in [-0.25, -0.2) is 23.3 Å². The smallest absolute Gasteiger partial charge is 0.310 e. The molecule has 0 saturated heterocycles. The molecule has 0 aromatic carbocycles. The predicted octanol–water partition coefficient (Wildman–Crippen LogP) is -0.484. The van der Waals surface area contributed by atoms with Gasteiger partial charge in [0.15, 0.2) is 0 Å². The lowest BCUT2D eigenvalue weighted by Gasteiger charge is -2.01. The molecular formula is C9H10N4O3S. The maximum atomic E-state index is 11.4. The second-order valence-corrected chi connectivity index (χ2v) is 5.07. The molecule has 2 aromatic rings. The van der Waals surface area contributed by atoms with Crippen molar-refractivity contribution in [3.8, 4) is 5.82 Å². The van der Waals surface area contributed by atoms with Gasteiger partial charge >= 0.3 is 5.69 Å². The van der Waals surface area contributed by atoms with Crippen LogP contribution < -0.4 is 10.8 Å². The van der Waals surface area contributed by atoms with Crippen molar-refractivity contribution < 1.29 is 8.42 Å². The number of hydrogen-bond acceptors (Lipinski definition) is 4. The van der Waals surface area contributed by atoms with Gasteiger partial charge in [0.1, 0.15) is 10.7 Å². The molecule has 90 valence electrons. The average molecular weight is 254 g/mol. The molecule has 0 amide bonds. The van der Waals surface area contributed by atoms with E-state index in [9.17, 15) is 13.2 Å². The van der Waals surface area contributed by atoms with E-state index in [4.69, 9.17) is 5.14 Å². The zero-order chi connectivity index (χ0) is 12.6. The Kier molecular flexibility index (Phi) is 2.60. The fourth-order valence-electron chi connectivity index (χ4n) is 1.37. The fraction of sp³-hybridized carbons (Fsp3) is 0.111. The van der Waals surface area contributed by atoms with Gasteiger partial charge in [-0.3, -0.25) is 4.57 Å². The normalized spacial score (nSPS) is 11.6. The summed E-state index contributed by atoms with van der Waals surface area (Å²) in [6.07, 6.45) is 2.68. The van der Waals surface area contributed by atoms with Gasteiger partial charge in [-0.2, -0.15) is 0 Å². The first-order chi connectivity index (χ1) is 7.88. The van der Waals surface area contributed by atoms with E-state index in [-0.39, 0.29) is 10.6 Å². The molecule has 17 heavy (non-hydrogen) atoms. The van der Waals surface area contributed by atoms with E-state index in [0.717, 1.165) is 6.20 Å². The predicted molar refractivity (Wildman–Crippen MR) is 60.3 cm³/mol. The Morgan fingerprint density at radius 1 is 1.41 bits per heavy atom. The number of nitrogens with two attached hydrogens (primary N) is 1. The topological polar surface area (TPSA) is 111 Å². The molecule has 0 unspecified atom stereocenters. The van der Waals surface area contributed by atoms with E-state index in [1.54, 1.807) is 13.1 Å². The zero-order valence-corrected chi connectivity index (χ0v) is 9.73. The molecule has 0 bridgehead atoms. The number of sulfonamides is 1. The summed E-state index contributed by atoms with van der Waals surface area (Å²) in [5.41, 5.74) is 0.352. The molecule has 0 radical (unpaired) electrons. The van der Waals surface area contributed by atoms with Crippen molar-refractivity contribution in [3.05, 3.63) is 40.7 Å². The first-order valence-electron chi connectivity index (χ1n) is 4.65. The SMILES string of the molecule is Cc1cn(-c2ccc(S(N)(=O)=O)cn2)c(=O)[nH]1. The van der Waals surface area contributed by atoms with Crippen molar-refractivity contribution in [3.63, 3.8) is 0 Å². The van der Waals surface area contributed by atoms with Gasteiger partial charge in [-0.05, 0) is 19.1 Å². The second-order valence-electron chi connectivity index (χ2n) is 3.51. The monoisotopic (exact) mass is 254 g/mol.